The van der Waals surface area contributed by atoms with Crippen LogP contribution in [0.1, 0.15) is 39.4 Å². The molecule has 0 atom stereocenters. The van der Waals surface area contributed by atoms with Crippen molar-refractivity contribution >= 4 is 38.9 Å². The van der Waals surface area contributed by atoms with Gasteiger partial charge in [-0.15, -0.1) is 11.3 Å². The second-order valence-corrected chi connectivity index (χ2v) is 9.10. The minimum Gasteiger partial charge on any atom is -0.465 e. The molecular weight excluding hydrogens is 390 g/mol. The molecule has 0 aromatic carbocycles. The molecule has 0 radical (unpaired) electrons. The van der Waals surface area contributed by atoms with Gasteiger partial charge in [0.05, 0.1) is 12.8 Å². The molecule has 1 N–H and O–H groups in total. The third-order valence-corrected chi connectivity index (χ3v) is 7.21. The first-order valence-corrected chi connectivity index (χ1v) is 10.8. The molecule has 1 aliphatic heterocycles. The monoisotopic (exact) mass is 411 g/mol. The third-order valence-electron chi connectivity index (χ3n) is 4.45. The van der Waals surface area contributed by atoms with Crippen molar-refractivity contribution in [3.05, 3.63) is 34.3 Å². The highest BCUT2D eigenvalue weighted by atomic mass is 32.2. The Morgan fingerprint density at radius 2 is 1.93 bits per heavy atom. The molecule has 146 valence electrons. The molecule has 0 bridgehead atoms. The normalized spacial score (nSPS) is 15.5. The van der Waals surface area contributed by atoms with Gasteiger partial charge in [0, 0.05) is 26.3 Å². The van der Waals surface area contributed by atoms with Gasteiger partial charge in [-0.3, -0.25) is 4.79 Å². The highest BCUT2D eigenvalue weighted by Crippen LogP contribution is 2.25. The highest BCUT2D eigenvalue weighted by molar-refractivity contribution is 7.89. The summed E-state index contributed by atoms with van der Waals surface area (Å²) >= 11 is 1.15. The summed E-state index contributed by atoms with van der Waals surface area (Å²) in [6.45, 7) is 0.992. The van der Waals surface area contributed by atoms with Gasteiger partial charge in [0.25, 0.3) is 5.91 Å². The van der Waals surface area contributed by atoms with Crippen molar-refractivity contribution in [2.24, 2.45) is 7.05 Å². The number of carbonyl (C=O) groups is 2. The Balaban J connectivity index is 1.83. The first-order chi connectivity index (χ1) is 12.8. The molecule has 1 fully saturated rings. The summed E-state index contributed by atoms with van der Waals surface area (Å²) in [5.41, 5.74) is 0.520. The number of nitrogens with zero attached hydrogens (tertiary/aromatic N) is 2. The molecule has 3 rings (SSSR count). The lowest BCUT2D eigenvalue weighted by Crippen LogP contribution is -2.35. The number of nitrogens with one attached hydrogen (secondary N) is 1. The Hall–Kier alpha value is -2.17. The number of piperidine rings is 1. The van der Waals surface area contributed by atoms with E-state index in [2.05, 4.69) is 5.32 Å². The molecule has 8 nitrogen and oxygen atoms in total. The van der Waals surface area contributed by atoms with Crippen LogP contribution in [0.3, 0.4) is 0 Å². The number of carbonyl (C=O) groups excluding carboxylic acids is 2. The summed E-state index contributed by atoms with van der Waals surface area (Å²) in [6.07, 6.45) is 4.15. The van der Waals surface area contributed by atoms with Crippen LogP contribution in [0.15, 0.2) is 28.6 Å². The first kappa shape index (κ1) is 19.6. The largest absolute Gasteiger partial charge is 0.465 e. The number of aryl methyl sites for hydroxylation is 1. The van der Waals surface area contributed by atoms with Crippen LogP contribution in [0.4, 0.5) is 5.69 Å². The van der Waals surface area contributed by atoms with Crippen LogP contribution >= 0.6 is 11.3 Å². The van der Waals surface area contributed by atoms with E-state index < -0.39 is 21.9 Å². The van der Waals surface area contributed by atoms with Gasteiger partial charge in [-0.2, -0.15) is 4.31 Å². The van der Waals surface area contributed by atoms with Gasteiger partial charge in [0.2, 0.25) is 10.0 Å². The van der Waals surface area contributed by atoms with Crippen LogP contribution in [0.25, 0.3) is 0 Å². The fourth-order valence-corrected chi connectivity index (χ4v) is 5.35. The Labute approximate surface area is 161 Å². The zero-order chi connectivity index (χ0) is 19.6. The van der Waals surface area contributed by atoms with Gasteiger partial charge in [0.15, 0.2) is 0 Å². The predicted octanol–water partition coefficient (Wildman–Crippen LogP) is 2.30. The second-order valence-electron chi connectivity index (χ2n) is 6.25. The Morgan fingerprint density at radius 3 is 2.59 bits per heavy atom. The average molecular weight is 412 g/mol. The van der Waals surface area contributed by atoms with Crippen molar-refractivity contribution in [3.63, 3.8) is 0 Å². The molecule has 0 saturated carbocycles. The Kier molecular flexibility index (Phi) is 5.68. The third kappa shape index (κ3) is 3.92. The molecule has 1 saturated heterocycles. The maximum Gasteiger partial charge on any atom is 0.350 e. The van der Waals surface area contributed by atoms with E-state index in [1.165, 1.54) is 28.2 Å². The van der Waals surface area contributed by atoms with E-state index in [9.17, 15) is 18.0 Å². The summed E-state index contributed by atoms with van der Waals surface area (Å²) in [4.78, 5) is 24.7. The molecule has 1 amide bonds. The Morgan fingerprint density at radius 1 is 1.22 bits per heavy atom. The number of rotatable bonds is 5. The van der Waals surface area contributed by atoms with E-state index in [1.54, 1.807) is 18.5 Å². The van der Waals surface area contributed by atoms with E-state index >= 15 is 0 Å². The quantitative estimate of drug-likeness (QED) is 0.762. The molecule has 27 heavy (non-hydrogen) atoms. The number of aromatic nitrogens is 1. The second kappa shape index (κ2) is 7.83. The topological polar surface area (TPSA) is 97.7 Å². The van der Waals surface area contributed by atoms with Crippen LogP contribution in [0.5, 0.6) is 0 Å². The average Bonchev–Trinajstić information content (AvgIpc) is 3.28. The summed E-state index contributed by atoms with van der Waals surface area (Å²) in [6, 6.07) is 2.96. The van der Waals surface area contributed by atoms with Crippen molar-refractivity contribution in [3.8, 4) is 0 Å². The smallest absolute Gasteiger partial charge is 0.350 e. The van der Waals surface area contributed by atoms with Gasteiger partial charge >= 0.3 is 5.97 Å². The van der Waals surface area contributed by atoms with Gasteiger partial charge in [0.1, 0.15) is 15.5 Å². The fourth-order valence-electron chi connectivity index (χ4n) is 3.00. The minimum absolute atomic E-state index is 0.0931. The molecule has 1 aliphatic rings. The number of sulfonamides is 1. The molecule has 3 heterocycles. The number of anilines is 1. The lowest BCUT2D eigenvalue weighted by molar-refractivity contribution is 0.0607. The fraction of sp³-hybridized carbons (Fsp3) is 0.412. The Bertz CT molecular complexity index is 955. The maximum absolute atomic E-state index is 12.8. The summed E-state index contributed by atoms with van der Waals surface area (Å²) in [5.74, 6) is -1.04. The van der Waals surface area contributed by atoms with E-state index in [-0.39, 0.29) is 15.5 Å². The lowest BCUT2D eigenvalue weighted by atomic mass is 10.2. The summed E-state index contributed by atoms with van der Waals surface area (Å²) < 4.78 is 33.2. The zero-order valence-electron chi connectivity index (χ0n) is 15.1. The first-order valence-electron chi connectivity index (χ1n) is 8.48. The van der Waals surface area contributed by atoms with Crippen LogP contribution < -0.4 is 5.32 Å². The van der Waals surface area contributed by atoms with E-state index in [0.717, 1.165) is 30.6 Å². The summed E-state index contributed by atoms with van der Waals surface area (Å²) in [7, 11) is -0.748. The molecule has 0 unspecified atom stereocenters. The van der Waals surface area contributed by atoms with Crippen LogP contribution in [0.2, 0.25) is 0 Å². The highest BCUT2D eigenvalue weighted by Gasteiger charge is 2.28. The van der Waals surface area contributed by atoms with Crippen LogP contribution in [-0.2, 0) is 21.8 Å². The van der Waals surface area contributed by atoms with Gasteiger partial charge < -0.3 is 14.6 Å². The van der Waals surface area contributed by atoms with Crippen molar-refractivity contribution in [2.45, 2.75) is 24.2 Å². The van der Waals surface area contributed by atoms with Gasteiger partial charge in [-0.05, 0) is 30.4 Å². The maximum atomic E-state index is 12.8. The standard InChI is InChI=1S/C17H21N3O5S2/c1-19-11-12(27(23,24)20-7-4-3-5-8-20)10-14(19)16(21)18-13-6-9-26-15(13)17(22)25-2/h6,9-11H,3-5,7-8H2,1-2H3,(H,18,21). The molecule has 2 aromatic heterocycles. The lowest BCUT2D eigenvalue weighted by Gasteiger charge is -2.25. The number of hydrogen-bond acceptors (Lipinski definition) is 6. The van der Waals surface area contributed by atoms with E-state index in [0.29, 0.717) is 18.8 Å². The molecule has 10 heteroatoms. The molecular formula is C17H21N3O5S2. The van der Waals surface area contributed by atoms with Crippen molar-refractivity contribution in [1.29, 1.82) is 0 Å². The van der Waals surface area contributed by atoms with E-state index in [4.69, 9.17) is 4.74 Å². The van der Waals surface area contributed by atoms with Gasteiger partial charge in [-0.1, -0.05) is 6.42 Å². The van der Waals surface area contributed by atoms with Crippen molar-refractivity contribution in [1.82, 2.24) is 8.87 Å². The van der Waals surface area contributed by atoms with Crippen LogP contribution in [-0.4, -0.2) is 49.4 Å². The number of esters is 1. The van der Waals surface area contributed by atoms with E-state index in [1.807, 2.05) is 0 Å². The molecule has 0 aliphatic carbocycles. The van der Waals surface area contributed by atoms with Gasteiger partial charge in [-0.25, -0.2) is 13.2 Å². The van der Waals surface area contributed by atoms with Crippen molar-refractivity contribution in [2.75, 3.05) is 25.5 Å². The van der Waals surface area contributed by atoms with Crippen molar-refractivity contribution < 1.29 is 22.7 Å². The number of hydrogen-bond donors (Lipinski definition) is 1. The number of methoxy groups -OCH3 is 1. The minimum atomic E-state index is -3.62. The number of thiophene rings is 1. The van der Waals surface area contributed by atoms with Crippen LogP contribution in [0, 0.1) is 0 Å². The zero-order valence-corrected chi connectivity index (χ0v) is 16.7. The number of amides is 1. The predicted molar refractivity (Wildman–Crippen MR) is 102 cm³/mol. The number of ether oxygens (including phenoxy) is 1. The SMILES string of the molecule is COC(=O)c1sccc1NC(=O)c1cc(S(=O)(=O)N2CCCCC2)cn1C. The molecule has 2 aromatic rings. The summed E-state index contributed by atoms with van der Waals surface area (Å²) in [5, 5.41) is 4.31. The molecule has 0 spiro atoms.